The smallest absolute Gasteiger partial charge is 0.141 e. The van der Waals surface area contributed by atoms with Gasteiger partial charge in [-0.3, -0.25) is 4.68 Å². The lowest BCUT2D eigenvalue weighted by molar-refractivity contribution is 0.667. The lowest BCUT2D eigenvalue weighted by atomic mass is 10.0. The molecule has 4 nitrogen and oxygen atoms in total. The van der Waals surface area contributed by atoms with E-state index in [0.29, 0.717) is 0 Å². The van der Waals surface area contributed by atoms with Gasteiger partial charge in [0, 0.05) is 18.4 Å². The summed E-state index contributed by atoms with van der Waals surface area (Å²) in [6, 6.07) is 0. The van der Waals surface area contributed by atoms with E-state index in [0.717, 1.165) is 24.4 Å². The van der Waals surface area contributed by atoms with Gasteiger partial charge in [0.15, 0.2) is 0 Å². The molecule has 0 bridgehead atoms. The fourth-order valence-corrected chi connectivity index (χ4v) is 2.69. The van der Waals surface area contributed by atoms with Gasteiger partial charge in [-0.25, -0.2) is 4.98 Å². The van der Waals surface area contributed by atoms with Gasteiger partial charge in [0.1, 0.15) is 5.82 Å². The van der Waals surface area contributed by atoms with E-state index in [4.69, 9.17) is 4.98 Å². The highest BCUT2D eigenvalue weighted by atomic mass is 15.3. The van der Waals surface area contributed by atoms with Crippen molar-refractivity contribution in [3.8, 4) is 11.4 Å². The van der Waals surface area contributed by atoms with Crippen molar-refractivity contribution in [2.45, 2.75) is 39.5 Å². The van der Waals surface area contributed by atoms with E-state index in [1.165, 1.54) is 35.5 Å². The molecule has 0 saturated heterocycles. The van der Waals surface area contributed by atoms with Crippen LogP contribution >= 0.6 is 0 Å². The second-order valence-electron chi connectivity index (χ2n) is 4.89. The first-order chi connectivity index (χ1) is 8.16. The highest BCUT2D eigenvalue weighted by molar-refractivity contribution is 5.62. The molecule has 0 radical (unpaired) electrons. The van der Waals surface area contributed by atoms with Crippen LogP contribution in [0.1, 0.15) is 35.6 Å². The second-order valence-corrected chi connectivity index (χ2v) is 4.89. The number of nitrogens with zero attached hydrogens (tertiary/aromatic N) is 3. The average molecular weight is 230 g/mol. The number of imidazole rings is 1. The van der Waals surface area contributed by atoms with E-state index in [1.807, 2.05) is 18.7 Å². The number of hydrogen-bond donors (Lipinski definition) is 1. The lowest BCUT2D eigenvalue weighted by Crippen LogP contribution is -2.00. The molecule has 0 fully saturated rings. The van der Waals surface area contributed by atoms with Crippen LogP contribution in [-0.2, 0) is 19.9 Å². The summed E-state index contributed by atoms with van der Waals surface area (Å²) < 4.78 is 1.92. The third kappa shape index (κ3) is 1.59. The number of H-pyrrole nitrogens is 1. The highest BCUT2D eigenvalue weighted by Gasteiger charge is 2.19. The number of fused-ring (bicyclic) bond motifs is 1. The van der Waals surface area contributed by atoms with Gasteiger partial charge in [0.05, 0.1) is 17.0 Å². The Bertz CT molecular complexity index is 539. The highest BCUT2D eigenvalue weighted by Crippen LogP contribution is 2.27. The molecule has 0 spiro atoms. The molecular weight excluding hydrogens is 212 g/mol. The molecular formula is C13H18N4. The largest absolute Gasteiger partial charge is 0.342 e. The molecule has 90 valence electrons. The van der Waals surface area contributed by atoms with Crippen LogP contribution in [0.25, 0.3) is 11.4 Å². The van der Waals surface area contributed by atoms with Crippen molar-refractivity contribution in [1.82, 2.24) is 19.7 Å². The van der Waals surface area contributed by atoms with Gasteiger partial charge < -0.3 is 4.98 Å². The Morgan fingerprint density at radius 3 is 2.59 bits per heavy atom. The molecule has 1 N–H and O–H groups in total. The van der Waals surface area contributed by atoms with Crippen LogP contribution in [0.5, 0.6) is 0 Å². The van der Waals surface area contributed by atoms with Gasteiger partial charge in [0.25, 0.3) is 0 Å². The molecule has 0 saturated carbocycles. The minimum atomic E-state index is 1.00. The Hall–Kier alpha value is -1.58. The number of aromatic nitrogens is 4. The van der Waals surface area contributed by atoms with Gasteiger partial charge in [-0.05, 0) is 39.5 Å². The summed E-state index contributed by atoms with van der Waals surface area (Å²) in [5.74, 6) is 1.00. The summed E-state index contributed by atoms with van der Waals surface area (Å²) >= 11 is 0. The topological polar surface area (TPSA) is 46.5 Å². The van der Waals surface area contributed by atoms with Crippen LogP contribution in [-0.4, -0.2) is 19.7 Å². The van der Waals surface area contributed by atoms with Gasteiger partial charge in [-0.15, -0.1) is 0 Å². The molecule has 0 aromatic carbocycles. The zero-order valence-electron chi connectivity index (χ0n) is 10.7. The van der Waals surface area contributed by atoms with Crippen molar-refractivity contribution in [3.63, 3.8) is 0 Å². The molecule has 2 aromatic rings. The molecule has 2 aromatic heterocycles. The molecule has 2 heterocycles. The van der Waals surface area contributed by atoms with Crippen LogP contribution < -0.4 is 0 Å². The molecule has 0 atom stereocenters. The molecule has 3 rings (SSSR count). The Balaban J connectivity index is 2.12. The van der Waals surface area contributed by atoms with Crippen molar-refractivity contribution in [1.29, 1.82) is 0 Å². The fraction of sp³-hybridized carbons (Fsp3) is 0.538. The third-order valence-electron chi connectivity index (χ3n) is 3.70. The quantitative estimate of drug-likeness (QED) is 0.817. The first-order valence-electron chi connectivity index (χ1n) is 6.25. The zero-order chi connectivity index (χ0) is 12.0. The van der Waals surface area contributed by atoms with Gasteiger partial charge >= 0.3 is 0 Å². The van der Waals surface area contributed by atoms with E-state index in [-0.39, 0.29) is 0 Å². The van der Waals surface area contributed by atoms with Crippen LogP contribution in [0.3, 0.4) is 0 Å². The maximum atomic E-state index is 4.75. The van der Waals surface area contributed by atoms with Crippen LogP contribution in [0.15, 0.2) is 0 Å². The standard InChI is InChI=1S/C13H18N4/c1-8-12(9(2)17(3)16-8)13-14-10-6-4-5-7-11(10)15-13/h4-7H2,1-3H3,(H,14,15). The summed E-state index contributed by atoms with van der Waals surface area (Å²) in [4.78, 5) is 8.23. The first kappa shape index (κ1) is 10.6. The maximum absolute atomic E-state index is 4.75. The monoisotopic (exact) mass is 230 g/mol. The summed E-state index contributed by atoms with van der Waals surface area (Å²) in [5.41, 5.74) is 5.98. The number of aryl methyl sites for hydroxylation is 4. The molecule has 17 heavy (non-hydrogen) atoms. The van der Waals surface area contributed by atoms with Crippen molar-refractivity contribution in [3.05, 3.63) is 22.8 Å². The molecule has 4 heteroatoms. The van der Waals surface area contributed by atoms with Crippen molar-refractivity contribution < 1.29 is 0 Å². The van der Waals surface area contributed by atoms with Crippen LogP contribution in [0.2, 0.25) is 0 Å². The number of aromatic amines is 1. The molecule has 0 unspecified atom stereocenters. The van der Waals surface area contributed by atoms with Gasteiger partial charge in [0.2, 0.25) is 0 Å². The van der Waals surface area contributed by atoms with Crippen molar-refractivity contribution in [2.75, 3.05) is 0 Å². The average Bonchev–Trinajstić information content (AvgIpc) is 2.81. The Kier molecular flexibility index (Phi) is 2.31. The van der Waals surface area contributed by atoms with Crippen molar-refractivity contribution in [2.24, 2.45) is 7.05 Å². The van der Waals surface area contributed by atoms with Gasteiger partial charge in [-0.2, -0.15) is 5.10 Å². The van der Waals surface area contributed by atoms with E-state index in [2.05, 4.69) is 17.0 Å². The summed E-state index contributed by atoms with van der Waals surface area (Å²) in [6.07, 6.45) is 4.80. The van der Waals surface area contributed by atoms with Crippen molar-refractivity contribution >= 4 is 0 Å². The first-order valence-corrected chi connectivity index (χ1v) is 6.25. The van der Waals surface area contributed by atoms with E-state index >= 15 is 0 Å². The Morgan fingerprint density at radius 1 is 1.18 bits per heavy atom. The SMILES string of the molecule is Cc1nn(C)c(C)c1-c1nc2c([nH]1)CCCC2. The van der Waals surface area contributed by atoms with Gasteiger partial charge in [-0.1, -0.05) is 0 Å². The van der Waals surface area contributed by atoms with E-state index in [9.17, 15) is 0 Å². The minimum Gasteiger partial charge on any atom is -0.342 e. The fourth-order valence-electron chi connectivity index (χ4n) is 2.69. The number of nitrogens with one attached hydrogen (secondary N) is 1. The van der Waals surface area contributed by atoms with E-state index < -0.39 is 0 Å². The number of hydrogen-bond acceptors (Lipinski definition) is 2. The second kappa shape index (κ2) is 3.72. The van der Waals surface area contributed by atoms with Crippen LogP contribution in [0.4, 0.5) is 0 Å². The normalized spacial score (nSPS) is 15.0. The van der Waals surface area contributed by atoms with E-state index in [1.54, 1.807) is 0 Å². The molecule has 1 aliphatic rings. The minimum absolute atomic E-state index is 1.00. The number of rotatable bonds is 1. The van der Waals surface area contributed by atoms with Crippen LogP contribution in [0, 0.1) is 13.8 Å². The summed E-state index contributed by atoms with van der Waals surface area (Å²) in [7, 11) is 1.98. The Labute approximate surface area is 101 Å². The zero-order valence-corrected chi connectivity index (χ0v) is 10.7. The predicted molar refractivity (Wildman–Crippen MR) is 66.9 cm³/mol. The lowest BCUT2D eigenvalue weighted by Gasteiger charge is -2.07. The summed E-state index contributed by atoms with van der Waals surface area (Å²) in [5, 5.41) is 4.45. The Morgan fingerprint density at radius 2 is 1.94 bits per heavy atom. The molecule has 1 aliphatic carbocycles. The summed E-state index contributed by atoms with van der Waals surface area (Å²) in [6.45, 7) is 4.14. The third-order valence-corrected chi connectivity index (χ3v) is 3.70. The predicted octanol–water partition coefficient (Wildman–Crippen LogP) is 2.31. The molecule has 0 amide bonds. The maximum Gasteiger partial charge on any atom is 0.141 e. The molecule has 0 aliphatic heterocycles.